The topological polar surface area (TPSA) is 44.4 Å². The SMILES string of the molecule is C=CC(=O)Nc1ccc(S)cc1.Fc1cc(Cl)ccc1N1CCNCC1. The molecule has 0 atom stereocenters. The van der Waals surface area contributed by atoms with E-state index in [2.05, 4.69) is 29.8 Å². The van der Waals surface area contributed by atoms with Gasteiger partial charge in [0, 0.05) is 41.8 Å². The maximum Gasteiger partial charge on any atom is 0.247 e. The summed E-state index contributed by atoms with van der Waals surface area (Å²) in [5.41, 5.74) is 1.40. The number of nitrogens with zero attached hydrogens (tertiary/aromatic N) is 1. The Morgan fingerprint density at radius 1 is 1.23 bits per heavy atom. The number of thiol groups is 1. The van der Waals surface area contributed by atoms with Crippen molar-refractivity contribution in [1.29, 1.82) is 0 Å². The van der Waals surface area contributed by atoms with E-state index < -0.39 is 0 Å². The normalized spacial score (nSPS) is 13.4. The summed E-state index contributed by atoms with van der Waals surface area (Å²) in [7, 11) is 0. The molecular formula is C19H21ClFN3OS. The summed E-state index contributed by atoms with van der Waals surface area (Å²) < 4.78 is 13.5. The van der Waals surface area contributed by atoms with Crippen LogP contribution in [0.2, 0.25) is 5.02 Å². The van der Waals surface area contributed by atoms with Crippen LogP contribution in [-0.4, -0.2) is 32.1 Å². The number of hydrogen-bond donors (Lipinski definition) is 3. The minimum Gasteiger partial charge on any atom is -0.367 e. The third-order valence-corrected chi connectivity index (χ3v) is 4.22. The average molecular weight is 394 g/mol. The molecule has 0 bridgehead atoms. The van der Waals surface area contributed by atoms with E-state index in [0.29, 0.717) is 10.7 Å². The first kappa shape index (κ1) is 20.3. The first-order valence-electron chi connectivity index (χ1n) is 8.13. The highest BCUT2D eigenvalue weighted by Crippen LogP contribution is 2.22. The Bertz CT molecular complexity index is 749. The van der Waals surface area contributed by atoms with Gasteiger partial charge in [0.2, 0.25) is 5.91 Å². The molecule has 2 aromatic rings. The highest BCUT2D eigenvalue weighted by Gasteiger charge is 2.14. The molecule has 4 nitrogen and oxygen atoms in total. The molecule has 0 spiro atoms. The van der Waals surface area contributed by atoms with Gasteiger partial charge in [-0.25, -0.2) is 4.39 Å². The van der Waals surface area contributed by atoms with Crippen molar-refractivity contribution in [2.75, 3.05) is 36.4 Å². The molecule has 2 aromatic carbocycles. The van der Waals surface area contributed by atoms with Crippen LogP contribution in [0, 0.1) is 5.82 Å². The van der Waals surface area contributed by atoms with Crippen LogP contribution in [-0.2, 0) is 4.79 Å². The fraction of sp³-hybridized carbons (Fsp3) is 0.211. The van der Waals surface area contributed by atoms with Crippen molar-refractivity contribution in [3.63, 3.8) is 0 Å². The molecule has 3 rings (SSSR count). The highest BCUT2D eigenvalue weighted by molar-refractivity contribution is 7.80. The molecule has 1 aliphatic heterocycles. The predicted octanol–water partition coefficient (Wildman–Crippen LogP) is 3.99. The molecule has 0 unspecified atom stereocenters. The molecule has 1 heterocycles. The Morgan fingerprint density at radius 2 is 1.88 bits per heavy atom. The summed E-state index contributed by atoms with van der Waals surface area (Å²) in [6.07, 6.45) is 1.23. The van der Waals surface area contributed by atoms with Crippen LogP contribution in [0.15, 0.2) is 60.0 Å². The van der Waals surface area contributed by atoms with Gasteiger partial charge in [0.1, 0.15) is 5.82 Å². The van der Waals surface area contributed by atoms with Crippen molar-refractivity contribution in [2.45, 2.75) is 4.90 Å². The van der Waals surface area contributed by atoms with E-state index in [1.54, 1.807) is 24.3 Å². The van der Waals surface area contributed by atoms with Crippen LogP contribution < -0.4 is 15.5 Å². The first-order chi connectivity index (χ1) is 12.5. The molecule has 138 valence electrons. The second kappa shape index (κ2) is 10.2. The van der Waals surface area contributed by atoms with Gasteiger partial charge in [-0.2, -0.15) is 0 Å². The second-order valence-electron chi connectivity index (χ2n) is 5.57. The maximum absolute atomic E-state index is 13.5. The van der Waals surface area contributed by atoms with Crippen molar-refractivity contribution in [3.8, 4) is 0 Å². The van der Waals surface area contributed by atoms with Gasteiger partial charge in [0.25, 0.3) is 0 Å². The quantitative estimate of drug-likeness (QED) is 0.545. The molecule has 2 N–H and O–H groups in total. The number of hydrogen-bond acceptors (Lipinski definition) is 4. The van der Waals surface area contributed by atoms with E-state index in [4.69, 9.17) is 11.6 Å². The fourth-order valence-electron chi connectivity index (χ4n) is 2.38. The predicted molar refractivity (Wildman–Crippen MR) is 109 cm³/mol. The van der Waals surface area contributed by atoms with E-state index >= 15 is 0 Å². The molecule has 26 heavy (non-hydrogen) atoms. The number of benzene rings is 2. The first-order valence-corrected chi connectivity index (χ1v) is 8.95. The Morgan fingerprint density at radius 3 is 2.46 bits per heavy atom. The van der Waals surface area contributed by atoms with Crippen molar-refractivity contribution >= 4 is 41.5 Å². The van der Waals surface area contributed by atoms with Crippen molar-refractivity contribution in [3.05, 3.63) is 66.0 Å². The van der Waals surface area contributed by atoms with Crippen molar-refractivity contribution < 1.29 is 9.18 Å². The molecule has 0 aromatic heterocycles. The summed E-state index contributed by atoms with van der Waals surface area (Å²) in [4.78, 5) is 13.7. The summed E-state index contributed by atoms with van der Waals surface area (Å²) in [5.74, 6) is -0.443. The van der Waals surface area contributed by atoms with Crippen LogP contribution >= 0.6 is 24.2 Å². The monoisotopic (exact) mass is 393 g/mol. The smallest absolute Gasteiger partial charge is 0.247 e. The lowest BCUT2D eigenvalue weighted by Crippen LogP contribution is -2.43. The maximum atomic E-state index is 13.5. The van der Waals surface area contributed by atoms with Crippen LogP contribution in [0.5, 0.6) is 0 Å². The zero-order valence-corrected chi connectivity index (χ0v) is 15.9. The van der Waals surface area contributed by atoms with Gasteiger partial charge in [-0.3, -0.25) is 4.79 Å². The fourth-order valence-corrected chi connectivity index (χ4v) is 2.69. The summed E-state index contributed by atoms with van der Waals surface area (Å²) in [6.45, 7) is 6.85. The van der Waals surface area contributed by atoms with Gasteiger partial charge in [-0.05, 0) is 48.5 Å². The number of amides is 1. The van der Waals surface area contributed by atoms with Gasteiger partial charge >= 0.3 is 0 Å². The third-order valence-electron chi connectivity index (χ3n) is 3.69. The van der Waals surface area contributed by atoms with E-state index in [1.165, 1.54) is 12.1 Å². The van der Waals surface area contributed by atoms with Gasteiger partial charge in [0.15, 0.2) is 0 Å². The average Bonchev–Trinajstić information content (AvgIpc) is 2.65. The Balaban J connectivity index is 0.000000190. The largest absolute Gasteiger partial charge is 0.367 e. The molecule has 1 aliphatic rings. The third kappa shape index (κ3) is 6.37. The number of halogens is 2. The van der Waals surface area contributed by atoms with Crippen LogP contribution in [0.1, 0.15) is 0 Å². The Kier molecular flexibility index (Phi) is 7.97. The zero-order valence-electron chi connectivity index (χ0n) is 14.2. The molecule has 0 aliphatic carbocycles. The van der Waals surface area contributed by atoms with E-state index in [-0.39, 0.29) is 11.7 Å². The molecule has 0 radical (unpaired) electrons. The van der Waals surface area contributed by atoms with Gasteiger partial charge < -0.3 is 15.5 Å². The lowest BCUT2D eigenvalue weighted by molar-refractivity contribution is -0.111. The molecule has 7 heteroatoms. The van der Waals surface area contributed by atoms with E-state index in [1.807, 2.05) is 17.0 Å². The molecule has 0 saturated carbocycles. The Labute approximate surface area is 163 Å². The van der Waals surface area contributed by atoms with Crippen molar-refractivity contribution in [1.82, 2.24) is 5.32 Å². The molecule has 1 saturated heterocycles. The summed E-state index contributed by atoms with van der Waals surface area (Å²) >= 11 is 9.80. The Hall–Kier alpha value is -2.02. The van der Waals surface area contributed by atoms with Crippen LogP contribution in [0.3, 0.4) is 0 Å². The van der Waals surface area contributed by atoms with E-state index in [9.17, 15) is 9.18 Å². The number of rotatable bonds is 3. The number of carbonyl (C=O) groups is 1. The van der Waals surface area contributed by atoms with E-state index in [0.717, 1.165) is 36.8 Å². The zero-order chi connectivity index (χ0) is 18.9. The molecule has 1 amide bonds. The minimum atomic E-state index is -0.237. The number of carbonyl (C=O) groups excluding carboxylic acids is 1. The lowest BCUT2D eigenvalue weighted by atomic mass is 10.2. The van der Waals surface area contributed by atoms with Gasteiger partial charge in [-0.15, -0.1) is 12.6 Å². The number of piperazine rings is 1. The second-order valence-corrected chi connectivity index (χ2v) is 6.53. The standard InChI is InChI=1S/C10H12ClFN2.C9H9NOS/c11-8-1-2-10(9(12)7-8)14-5-3-13-4-6-14;1-2-9(11)10-7-3-5-8(12)6-4-7/h1-2,7,13H,3-6H2;2-6,12H,1H2,(H,10,11). The van der Waals surface area contributed by atoms with Gasteiger partial charge in [-0.1, -0.05) is 18.2 Å². The number of anilines is 2. The van der Waals surface area contributed by atoms with Crippen LogP contribution in [0.4, 0.5) is 15.8 Å². The van der Waals surface area contributed by atoms with Crippen LogP contribution in [0.25, 0.3) is 0 Å². The lowest BCUT2D eigenvalue weighted by Gasteiger charge is -2.29. The summed E-state index contributed by atoms with van der Waals surface area (Å²) in [5, 5.41) is 6.30. The minimum absolute atomic E-state index is 0.207. The van der Waals surface area contributed by atoms with Crippen molar-refractivity contribution in [2.24, 2.45) is 0 Å². The summed E-state index contributed by atoms with van der Waals surface area (Å²) in [6, 6.07) is 12.0. The molecular weight excluding hydrogens is 373 g/mol. The molecule has 1 fully saturated rings. The van der Waals surface area contributed by atoms with Gasteiger partial charge in [0.05, 0.1) is 5.69 Å². The highest BCUT2D eigenvalue weighted by atomic mass is 35.5. The number of nitrogens with one attached hydrogen (secondary N) is 2.